The second kappa shape index (κ2) is 4.29. The highest BCUT2D eigenvalue weighted by Gasteiger charge is 1.99. The number of nitrogens with zero attached hydrogens (tertiary/aromatic N) is 2. The van der Waals surface area contributed by atoms with Crippen molar-refractivity contribution in [3.05, 3.63) is 47.8 Å². The van der Waals surface area contributed by atoms with Crippen LogP contribution in [0.15, 0.2) is 36.5 Å². The number of hydrogen-bond donors (Lipinski definition) is 2. The molecule has 0 aliphatic heterocycles. The van der Waals surface area contributed by atoms with Crippen LogP contribution in [0.25, 0.3) is 0 Å². The molecule has 74 valence electrons. The Bertz CT molecular complexity index is 468. The molecule has 0 bridgehead atoms. The number of nitrogens with one attached hydrogen (secondary N) is 2. The first-order valence-electron chi connectivity index (χ1n) is 4.61. The zero-order valence-corrected chi connectivity index (χ0v) is 8.07. The lowest BCUT2D eigenvalue weighted by Crippen LogP contribution is -2.01. The molecule has 4 heteroatoms. The van der Waals surface area contributed by atoms with Gasteiger partial charge in [0.15, 0.2) is 0 Å². The molecule has 0 atom stereocenters. The quantitative estimate of drug-likeness (QED) is 0.791. The maximum atomic E-state index is 8.87. The summed E-state index contributed by atoms with van der Waals surface area (Å²) >= 11 is 0. The SMILES string of the molecule is N#Cc1ccccc1NCc1ccn[nH]1. The van der Waals surface area contributed by atoms with Crippen LogP contribution in [0, 0.1) is 11.3 Å². The maximum absolute atomic E-state index is 8.87. The van der Waals surface area contributed by atoms with Crippen LogP contribution >= 0.6 is 0 Å². The Kier molecular flexibility index (Phi) is 2.65. The van der Waals surface area contributed by atoms with Gasteiger partial charge < -0.3 is 5.32 Å². The molecule has 0 amide bonds. The molecule has 2 aromatic rings. The van der Waals surface area contributed by atoms with Gasteiger partial charge in [-0.25, -0.2) is 0 Å². The molecule has 0 aliphatic rings. The van der Waals surface area contributed by atoms with Crippen molar-refractivity contribution >= 4 is 5.69 Å². The van der Waals surface area contributed by atoms with Crippen molar-refractivity contribution in [2.24, 2.45) is 0 Å². The minimum atomic E-state index is 0.638. The van der Waals surface area contributed by atoms with Gasteiger partial charge in [-0.3, -0.25) is 5.10 Å². The Hall–Kier alpha value is -2.28. The van der Waals surface area contributed by atoms with E-state index < -0.39 is 0 Å². The number of H-pyrrole nitrogens is 1. The van der Waals surface area contributed by atoms with E-state index in [9.17, 15) is 0 Å². The zero-order chi connectivity index (χ0) is 10.5. The Morgan fingerprint density at radius 3 is 2.93 bits per heavy atom. The number of hydrogen-bond acceptors (Lipinski definition) is 3. The molecule has 1 aromatic carbocycles. The smallest absolute Gasteiger partial charge is 0.101 e. The van der Waals surface area contributed by atoms with E-state index in [1.165, 1.54) is 0 Å². The normalized spacial score (nSPS) is 9.53. The first kappa shape index (κ1) is 9.28. The van der Waals surface area contributed by atoms with E-state index in [-0.39, 0.29) is 0 Å². The fourth-order valence-corrected chi connectivity index (χ4v) is 1.31. The van der Waals surface area contributed by atoms with Crippen LogP contribution in [0.4, 0.5) is 5.69 Å². The summed E-state index contributed by atoms with van der Waals surface area (Å²) in [6, 6.07) is 11.4. The van der Waals surface area contributed by atoms with Gasteiger partial charge in [0.1, 0.15) is 6.07 Å². The Morgan fingerprint density at radius 1 is 1.33 bits per heavy atom. The first-order chi connectivity index (χ1) is 7.40. The summed E-state index contributed by atoms with van der Waals surface area (Å²) in [5, 5.41) is 18.7. The van der Waals surface area contributed by atoms with Crippen LogP contribution in [-0.4, -0.2) is 10.2 Å². The summed E-state index contributed by atoms with van der Waals surface area (Å²) in [6.45, 7) is 0.638. The van der Waals surface area contributed by atoms with Gasteiger partial charge in [-0.1, -0.05) is 12.1 Å². The molecule has 4 nitrogen and oxygen atoms in total. The van der Waals surface area contributed by atoms with Crippen molar-refractivity contribution in [1.82, 2.24) is 10.2 Å². The summed E-state index contributed by atoms with van der Waals surface area (Å²) < 4.78 is 0. The lowest BCUT2D eigenvalue weighted by molar-refractivity contribution is 0.981. The third kappa shape index (κ3) is 2.15. The fraction of sp³-hybridized carbons (Fsp3) is 0.0909. The number of benzene rings is 1. The monoisotopic (exact) mass is 198 g/mol. The topological polar surface area (TPSA) is 64.5 Å². The van der Waals surface area contributed by atoms with Gasteiger partial charge in [0.05, 0.1) is 23.5 Å². The van der Waals surface area contributed by atoms with Crippen molar-refractivity contribution in [3.63, 3.8) is 0 Å². The lowest BCUT2D eigenvalue weighted by atomic mass is 10.2. The molecule has 2 N–H and O–H groups in total. The van der Waals surface area contributed by atoms with Crippen LogP contribution in [-0.2, 0) is 6.54 Å². The summed E-state index contributed by atoms with van der Waals surface area (Å²) in [5.41, 5.74) is 2.48. The van der Waals surface area contributed by atoms with Crippen molar-refractivity contribution in [3.8, 4) is 6.07 Å². The predicted octanol–water partition coefficient (Wildman–Crippen LogP) is 1.89. The summed E-state index contributed by atoms with van der Waals surface area (Å²) in [7, 11) is 0. The summed E-state index contributed by atoms with van der Waals surface area (Å²) in [4.78, 5) is 0. The Balaban J connectivity index is 2.08. The highest BCUT2D eigenvalue weighted by molar-refractivity contribution is 5.57. The van der Waals surface area contributed by atoms with Gasteiger partial charge in [-0.2, -0.15) is 10.4 Å². The number of aromatic amines is 1. The number of nitriles is 1. The highest BCUT2D eigenvalue weighted by atomic mass is 15.1. The van der Waals surface area contributed by atoms with Crippen molar-refractivity contribution in [2.75, 3.05) is 5.32 Å². The van der Waals surface area contributed by atoms with Crippen LogP contribution in [0.2, 0.25) is 0 Å². The lowest BCUT2D eigenvalue weighted by Gasteiger charge is -2.05. The molecule has 2 rings (SSSR count). The molecule has 0 radical (unpaired) electrons. The van der Waals surface area contributed by atoms with Gasteiger partial charge in [0, 0.05) is 6.20 Å². The Morgan fingerprint density at radius 2 is 2.20 bits per heavy atom. The van der Waals surface area contributed by atoms with Crippen LogP contribution in [0.5, 0.6) is 0 Å². The van der Waals surface area contributed by atoms with E-state index in [1.807, 2.05) is 24.3 Å². The predicted molar refractivity (Wildman–Crippen MR) is 57.1 cm³/mol. The molecule has 0 spiro atoms. The second-order valence-electron chi connectivity index (χ2n) is 3.09. The Labute approximate surface area is 87.6 Å². The van der Waals surface area contributed by atoms with Crippen LogP contribution < -0.4 is 5.32 Å². The number of anilines is 1. The molecular formula is C11H10N4. The third-order valence-electron chi connectivity index (χ3n) is 2.08. The molecule has 0 saturated carbocycles. The molecule has 1 heterocycles. The third-order valence-corrected chi connectivity index (χ3v) is 2.08. The zero-order valence-electron chi connectivity index (χ0n) is 8.07. The number of para-hydroxylation sites is 1. The van der Waals surface area contributed by atoms with E-state index in [1.54, 1.807) is 12.3 Å². The molecule has 1 aromatic heterocycles. The van der Waals surface area contributed by atoms with Crippen LogP contribution in [0.3, 0.4) is 0 Å². The highest BCUT2D eigenvalue weighted by Crippen LogP contribution is 2.14. The van der Waals surface area contributed by atoms with Crippen LogP contribution in [0.1, 0.15) is 11.3 Å². The van der Waals surface area contributed by atoms with Gasteiger partial charge in [0.25, 0.3) is 0 Å². The van der Waals surface area contributed by atoms with E-state index in [0.717, 1.165) is 11.4 Å². The standard InChI is InChI=1S/C11H10N4/c12-7-9-3-1-2-4-11(9)13-8-10-5-6-14-15-10/h1-6,13H,8H2,(H,14,15). The average Bonchev–Trinajstić information content (AvgIpc) is 2.79. The van der Waals surface area contributed by atoms with Gasteiger partial charge in [-0.15, -0.1) is 0 Å². The summed E-state index contributed by atoms with van der Waals surface area (Å²) in [5.74, 6) is 0. The van der Waals surface area contributed by atoms with Crippen molar-refractivity contribution in [1.29, 1.82) is 5.26 Å². The molecule has 0 fully saturated rings. The van der Waals surface area contributed by atoms with E-state index in [2.05, 4.69) is 21.6 Å². The van der Waals surface area contributed by atoms with Crippen molar-refractivity contribution in [2.45, 2.75) is 6.54 Å². The summed E-state index contributed by atoms with van der Waals surface area (Å²) in [6.07, 6.45) is 1.70. The minimum absolute atomic E-state index is 0.638. The maximum Gasteiger partial charge on any atom is 0.101 e. The molecule has 0 saturated heterocycles. The van der Waals surface area contributed by atoms with Gasteiger partial charge in [-0.05, 0) is 18.2 Å². The minimum Gasteiger partial charge on any atom is -0.378 e. The van der Waals surface area contributed by atoms with Crippen molar-refractivity contribution < 1.29 is 0 Å². The molecule has 0 aliphatic carbocycles. The van der Waals surface area contributed by atoms with E-state index in [4.69, 9.17) is 5.26 Å². The first-order valence-corrected chi connectivity index (χ1v) is 4.61. The molecule has 0 unspecified atom stereocenters. The van der Waals surface area contributed by atoms with Gasteiger partial charge >= 0.3 is 0 Å². The largest absolute Gasteiger partial charge is 0.378 e. The fourth-order valence-electron chi connectivity index (χ4n) is 1.31. The number of rotatable bonds is 3. The molecular weight excluding hydrogens is 188 g/mol. The average molecular weight is 198 g/mol. The second-order valence-corrected chi connectivity index (χ2v) is 3.09. The van der Waals surface area contributed by atoms with Gasteiger partial charge in [0.2, 0.25) is 0 Å². The van der Waals surface area contributed by atoms with E-state index in [0.29, 0.717) is 12.1 Å². The van der Waals surface area contributed by atoms with E-state index >= 15 is 0 Å². The molecule has 15 heavy (non-hydrogen) atoms. The number of aromatic nitrogens is 2.